The maximum absolute atomic E-state index is 12.4. The van der Waals surface area contributed by atoms with Crippen LogP contribution in [-0.4, -0.2) is 22.0 Å². The molecule has 0 fully saturated rings. The molecule has 3 aromatic rings. The summed E-state index contributed by atoms with van der Waals surface area (Å²) in [6.07, 6.45) is 1.42. The van der Waals surface area contributed by atoms with Gasteiger partial charge in [-0.3, -0.25) is 9.20 Å². The second-order valence-corrected chi connectivity index (χ2v) is 5.55. The van der Waals surface area contributed by atoms with E-state index >= 15 is 0 Å². The van der Waals surface area contributed by atoms with E-state index in [1.54, 1.807) is 12.1 Å². The van der Waals surface area contributed by atoms with Gasteiger partial charge in [-0.15, -0.1) is 0 Å². The first-order chi connectivity index (χ1) is 12.4. The van der Waals surface area contributed by atoms with E-state index < -0.39 is 18.1 Å². The summed E-state index contributed by atoms with van der Waals surface area (Å²) in [6, 6.07) is 9.76. The van der Waals surface area contributed by atoms with Gasteiger partial charge in [-0.2, -0.15) is 8.78 Å². The van der Waals surface area contributed by atoms with Crippen molar-refractivity contribution in [3.63, 3.8) is 0 Å². The molecular weight excluding hydrogens is 370 g/mol. The number of aromatic nitrogens is 2. The number of hydrogen-bond acceptors (Lipinski definition) is 5. The third-order valence-electron chi connectivity index (χ3n) is 3.35. The van der Waals surface area contributed by atoms with Crippen molar-refractivity contribution in [2.24, 2.45) is 0 Å². The topological polar surface area (TPSA) is 69.9 Å². The number of ether oxygens (including phenoxy) is 2. The van der Waals surface area contributed by atoms with Gasteiger partial charge in [-0.25, -0.2) is 9.78 Å². The van der Waals surface area contributed by atoms with E-state index in [0.29, 0.717) is 10.7 Å². The monoisotopic (exact) mass is 380 g/mol. The standard InChI is InChI=1S/C17H11ClF2N2O4/c18-10-5-6-14-21-11(7-15(23)22(14)8-10)9-25-16(24)12-3-1-2-4-13(12)26-17(19)20/h1-8,17H,9H2. The maximum atomic E-state index is 12.4. The van der Waals surface area contributed by atoms with Crippen LogP contribution in [0.25, 0.3) is 5.65 Å². The number of halogens is 3. The molecule has 0 radical (unpaired) electrons. The van der Waals surface area contributed by atoms with Crippen molar-refractivity contribution < 1.29 is 23.0 Å². The van der Waals surface area contributed by atoms with Crippen molar-refractivity contribution in [2.75, 3.05) is 0 Å². The number of hydrogen-bond donors (Lipinski definition) is 0. The molecule has 0 saturated heterocycles. The largest absolute Gasteiger partial charge is 0.455 e. The van der Waals surface area contributed by atoms with E-state index in [9.17, 15) is 18.4 Å². The molecule has 0 saturated carbocycles. The number of carbonyl (C=O) groups excluding carboxylic acids is 1. The van der Waals surface area contributed by atoms with Gasteiger partial charge in [0, 0.05) is 12.3 Å². The zero-order valence-corrected chi connectivity index (χ0v) is 13.8. The average Bonchev–Trinajstić information content (AvgIpc) is 2.60. The van der Waals surface area contributed by atoms with Gasteiger partial charge in [0.25, 0.3) is 5.56 Å². The number of fused-ring (bicyclic) bond motifs is 1. The molecule has 0 amide bonds. The number of benzene rings is 1. The Balaban J connectivity index is 1.79. The van der Waals surface area contributed by atoms with Crippen LogP contribution >= 0.6 is 11.6 Å². The molecule has 26 heavy (non-hydrogen) atoms. The van der Waals surface area contributed by atoms with Gasteiger partial charge in [0.15, 0.2) is 0 Å². The number of pyridine rings is 1. The molecule has 9 heteroatoms. The highest BCUT2D eigenvalue weighted by Crippen LogP contribution is 2.21. The van der Waals surface area contributed by atoms with Crippen molar-refractivity contribution in [3.05, 3.63) is 75.3 Å². The Labute approximate surface area is 150 Å². The fourth-order valence-corrected chi connectivity index (χ4v) is 2.41. The van der Waals surface area contributed by atoms with Crippen LogP contribution in [0.4, 0.5) is 8.78 Å². The van der Waals surface area contributed by atoms with Crippen LogP contribution < -0.4 is 10.3 Å². The molecule has 6 nitrogen and oxygen atoms in total. The van der Waals surface area contributed by atoms with Gasteiger partial charge < -0.3 is 9.47 Å². The maximum Gasteiger partial charge on any atom is 0.387 e. The Bertz CT molecular complexity index is 1020. The van der Waals surface area contributed by atoms with E-state index in [1.807, 2.05) is 0 Å². The minimum atomic E-state index is -3.07. The number of esters is 1. The van der Waals surface area contributed by atoms with Gasteiger partial charge in [0.1, 0.15) is 23.6 Å². The Morgan fingerprint density at radius 2 is 2.00 bits per heavy atom. The summed E-state index contributed by atoms with van der Waals surface area (Å²) in [6.45, 7) is -3.38. The second-order valence-electron chi connectivity index (χ2n) is 5.11. The quantitative estimate of drug-likeness (QED) is 0.635. The summed E-state index contributed by atoms with van der Waals surface area (Å²) in [4.78, 5) is 28.4. The molecule has 134 valence electrons. The lowest BCUT2D eigenvalue weighted by Crippen LogP contribution is -2.17. The summed E-state index contributed by atoms with van der Waals surface area (Å²) in [7, 11) is 0. The average molecular weight is 381 g/mol. The number of para-hydroxylation sites is 1. The molecule has 2 heterocycles. The summed E-state index contributed by atoms with van der Waals surface area (Å²) < 4.78 is 35.4. The molecule has 0 spiro atoms. The molecule has 0 N–H and O–H groups in total. The molecule has 1 aromatic carbocycles. The molecule has 0 atom stereocenters. The molecule has 0 aliphatic heterocycles. The van der Waals surface area contributed by atoms with Crippen LogP contribution in [0.5, 0.6) is 5.75 Å². The first kappa shape index (κ1) is 17.8. The fraction of sp³-hybridized carbons (Fsp3) is 0.118. The fourth-order valence-electron chi connectivity index (χ4n) is 2.25. The van der Waals surface area contributed by atoms with Gasteiger partial charge in [-0.05, 0) is 24.3 Å². The van der Waals surface area contributed by atoms with Crippen molar-refractivity contribution in [1.82, 2.24) is 9.38 Å². The SMILES string of the molecule is O=C(OCc1cc(=O)n2cc(Cl)ccc2n1)c1ccccc1OC(F)F. The van der Waals surface area contributed by atoms with Gasteiger partial charge >= 0.3 is 12.6 Å². The molecule has 3 rings (SSSR count). The first-order valence-corrected chi connectivity index (χ1v) is 7.70. The van der Waals surface area contributed by atoms with Gasteiger partial charge in [0.2, 0.25) is 0 Å². The molecule has 0 aliphatic rings. The van der Waals surface area contributed by atoms with E-state index in [-0.39, 0.29) is 23.6 Å². The first-order valence-electron chi connectivity index (χ1n) is 7.33. The van der Waals surface area contributed by atoms with Crippen LogP contribution in [-0.2, 0) is 11.3 Å². The summed E-state index contributed by atoms with van der Waals surface area (Å²) in [5.41, 5.74) is -0.0191. The predicted octanol–water partition coefficient (Wildman–Crippen LogP) is 3.31. The Kier molecular flexibility index (Phi) is 5.13. The van der Waals surface area contributed by atoms with Gasteiger partial charge in [-0.1, -0.05) is 23.7 Å². The Morgan fingerprint density at radius 1 is 1.23 bits per heavy atom. The number of rotatable bonds is 5. The lowest BCUT2D eigenvalue weighted by molar-refractivity contribution is -0.0505. The molecular formula is C17H11ClF2N2O4. The Morgan fingerprint density at radius 3 is 2.77 bits per heavy atom. The van der Waals surface area contributed by atoms with Crippen LogP contribution in [0.3, 0.4) is 0 Å². The minimum absolute atomic E-state index is 0.155. The van der Waals surface area contributed by atoms with E-state index in [1.165, 1.54) is 40.9 Å². The third-order valence-corrected chi connectivity index (χ3v) is 3.57. The molecule has 0 unspecified atom stereocenters. The molecule has 0 bridgehead atoms. The second kappa shape index (κ2) is 7.49. The number of carbonyl (C=O) groups is 1. The lowest BCUT2D eigenvalue weighted by Gasteiger charge is -2.10. The highest BCUT2D eigenvalue weighted by atomic mass is 35.5. The zero-order valence-electron chi connectivity index (χ0n) is 13.1. The zero-order chi connectivity index (χ0) is 18.7. The van der Waals surface area contributed by atoms with E-state index in [0.717, 1.165) is 0 Å². The van der Waals surface area contributed by atoms with Crippen LogP contribution in [0.15, 0.2) is 53.5 Å². The summed E-state index contributed by atoms with van der Waals surface area (Å²) in [5.74, 6) is -1.17. The Hall–Kier alpha value is -3.00. The van der Waals surface area contributed by atoms with E-state index in [4.69, 9.17) is 16.3 Å². The van der Waals surface area contributed by atoms with Gasteiger partial charge in [0.05, 0.1) is 10.7 Å². The van der Waals surface area contributed by atoms with Crippen LogP contribution in [0.2, 0.25) is 5.02 Å². The third kappa shape index (κ3) is 3.97. The normalized spacial score (nSPS) is 10.9. The summed E-state index contributed by atoms with van der Waals surface area (Å²) in [5, 5.41) is 0.371. The van der Waals surface area contributed by atoms with Crippen LogP contribution in [0.1, 0.15) is 16.1 Å². The summed E-state index contributed by atoms with van der Waals surface area (Å²) >= 11 is 5.83. The van der Waals surface area contributed by atoms with Crippen LogP contribution in [0, 0.1) is 0 Å². The molecule has 0 aliphatic carbocycles. The smallest absolute Gasteiger partial charge is 0.387 e. The van der Waals surface area contributed by atoms with Crippen molar-refractivity contribution in [1.29, 1.82) is 0 Å². The van der Waals surface area contributed by atoms with E-state index in [2.05, 4.69) is 9.72 Å². The predicted molar refractivity (Wildman–Crippen MR) is 88.7 cm³/mol. The molecule has 2 aromatic heterocycles. The number of nitrogens with zero attached hydrogens (tertiary/aromatic N) is 2. The highest BCUT2D eigenvalue weighted by Gasteiger charge is 2.17. The van der Waals surface area contributed by atoms with Crippen molar-refractivity contribution in [2.45, 2.75) is 13.2 Å². The lowest BCUT2D eigenvalue weighted by atomic mass is 10.2. The number of alkyl halides is 2. The minimum Gasteiger partial charge on any atom is -0.455 e. The highest BCUT2D eigenvalue weighted by molar-refractivity contribution is 6.30. The van der Waals surface area contributed by atoms with Crippen molar-refractivity contribution in [3.8, 4) is 5.75 Å². The van der Waals surface area contributed by atoms with Crippen molar-refractivity contribution >= 4 is 23.2 Å².